The topological polar surface area (TPSA) is 92.3 Å². The number of aromatic nitrogens is 2. The maximum Gasteiger partial charge on any atom is 0.253 e. The lowest BCUT2D eigenvalue weighted by Crippen LogP contribution is -2.42. The summed E-state index contributed by atoms with van der Waals surface area (Å²) in [6.07, 6.45) is 3.14. The highest BCUT2D eigenvalue weighted by molar-refractivity contribution is 8.00. The highest BCUT2D eigenvalue weighted by Gasteiger charge is 2.40. The number of thioether (sulfide) groups is 1. The van der Waals surface area contributed by atoms with E-state index in [1.54, 1.807) is 40.6 Å². The van der Waals surface area contributed by atoms with Crippen molar-refractivity contribution < 1.29 is 13.2 Å². The van der Waals surface area contributed by atoms with Crippen LogP contribution in [0.4, 0.5) is 5.13 Å². The van der Waals surface area contributed by atoms with E-state index in [1.807, 2.05) is 18.4 Å². The van der Waals surface area contributed by atoms with Crippen LogP contribution in [0.2, 0.25) is 0 Å². The number of rotatable bonds is 5. The third-order valence-electron chi connectivity index (χ3n) is 4.86. The summed E-state index contributed by atoms with van der Waals surface area (Å²) in [7, 11) is -3.67. The average molecular weight is 497 g/mol. The van der Waals surface area contributed by atoms with E-state index in [0.29, 0.717) is 24.5 Å². The Morgan fingerprint density at radius 3 is 2.70 bits per heavy atom. The van der Waals surface area contributed by atoms with E-state index in [4.69, 9.17) is 0 Å². The van der Waals surface area contributed by atoms with E-state index in [2.05, 4.69) is 15.3 Å². The van der Waals surface area contributed by atoms with Gasteiger partial charge in [-0.2, -0.15) is 4.31 Å². The SMILES string of the molecule is CSc1nc2ccc3nc(NC(=O)C4CCCN4S(=O)(=O)c4cccs4)sc3c2s1. The van der Waals surface area contributed by atoms with E-state index < -0.39 is 16.1 Å². The Morgan fingerprint density at radius 2 is 1.97 bits per heavy atom. The molecular weight excluding hydrogens is 481 g/mol. The first-order chi connectivity index (χ1) is 14.5. The maximum atomic E-state index is 13.0. The number of thiazole rings is 2. The van der Waals surface area contributed by atoms with E-state index >= 15 is 0 Å². The van der Waals surface area contributed by atoms with Crippen LogP contribution < -0.4 is 5.32 Å². The number of anilines is 1. The van der Waals surface area contributed by atoms with Crippen molar-refractivity contribution in [1.82, 2.24) is 14.3 Å². The lowest BCUT2D eigenvalue weighted by Gasteiger charge is -2.22. The van der Waals surface area contributed by atoms with Gasteiger partial charge in [0.1, 0.15) is 10.3 Å². The van der Waals surface area contributed by atoms with Crippen molar-refractivity contribution in [3.8, 4) is 0 Å². The Kier molecular flexibility index (Phi) is 5.32. The Bertz CT molecular complexity index is 1340. The number of hydrogen-bond donors (Lipinski definition) is 1. The summed E-state index contributed by atoms with van der Waals surface area (Å²) in [4.78, 5) is 22.1. The van der Waals surface area contributed by atoms with Crippen molar-refractivity contribution in [1.29, 1.82) is 0 Å². The summed E-state index contributed by atoms with van der Waals surface area (Å²) < 4.78 is 30.4. The normalized spacial score (nSPS) is 17.8. The second-order valence-corrected chi connectivity index (χ2v) is 12.8. The van der Waals surface area contributed by atoms with Crippen LogP contribution in [-0.4, -0.2) is 47.4 Å². The van der Waals surface area contributed by atoms with Crippen molar-refractivity contribution in [2.75, 3.05) is 18.1 Å². The van der Waals surface area contributed by atoms with Gasteiger partial charge in [0.15, 0.2) is 9.47 Å². The number of sulfonamides is 1. The summed E-state index contributed by atoms with van der Waals surface area (Å²) in [5.74, 6) is -0.336. The van der Waals surface area contributed by atoms with Crippen LogP contribution in [0, 0.1) is 0 Å². The summed E-state index contributed by atoms with van der Waals surface area (Å²) >= 11 is 5.77. The van der Waals surface area contributed by atoms with Crippen LogP contribution >= 0.6 is 45.8 Å². The van der Waals surface area contributed by atoms with E-state index in [1.165, 1.54) is 15.6 Å². The molecule has 0 aliphatic carbocycles. The fourth-order valence-electron chi connectivity index (χ4n) is 3.50. The van der Waals surface area contributed by atoms with Gasteiger partial charge in [0.05, 0.1) is 20.4 Å². The third-order valence-corrected chi connectivity index (χ3v) is 11.3. The predicted molar refractivity (Wildman–Crippen MR) is 124 cm³/mol. The zero-order valence-electron chi connectivity index (χ0n) is 15.7. The number of carbonyl (C=O) groups is 1. The molecule has 1 fully saturated rings. The highest BCUT2D eigenvalue weighted by Crippen LogP contribution is 2.38. The van der Waals surface area contributed by atoms with Gasteiger partial charge >= 0.3 is 0 Å². The molecule has 156 valence electrons. The molecule has 1 aliphatic rings. The van der Waals surface area contributed by atoms with Crippen molar-refractivity contribution in [3.05, 3.63) is 29.6 Å². The Hall–Kier alpha value is -1.57. The molecule has 7 nitrogen and oxygen atoms in total. The largest absolute Gasteiger partial charge is 0.301 e. The van der Waals surface area contributed by atoms with Crippen LogP contribution in [0.5, 0.6) is 0 Å². The Balaban J connectivity index is 1.42. The monoisotopic (exact) mass is 496 g/mol. The quantitative estimate of drug-likeness (QED) is 0.410. The van der Waals surface area contributed by atoms with Crippen LogP contribution in [0.1, 0.15) is 12.8 Å². The lowest BCUT2D eigenvalue weighted by atomic mass is 10.2. The van der Waals surface area contributed by atoms with Gasteiger partial charge in [0, 0.05) is 6.54 Å². The molecule has 1 aromatic carbocycles. The van der Waals surface area contributed by atoms with Crippen molar-refractivity contribution in [2.45, 2.75) is 27.4 Å². The minimum Gasteiger partial charge on any atom is -0.301 e. The fraction of sp³-hybridized carbons (Fsp3) is 0.278. The smallest absolute Gasteiger partial charge is 0.253 e. The van der Waals surface area contributed by atoms with Crippen LogP contribution in [-0.2, 0) is 14.8 Å². The zero-order valence-corrected chi connectivity index (χ0v) is 19.8. The van der Waals surface area contributed by atoms with E-state index in [-0.39, 0.29) is 10.1 Å². The molecule has 0 bridgehead atoms. The van der Waals surface area contributed by atoms with Gasteiger partial charge in [-0.25, -0.2) is 18.4 Å². The standard InChI is InChI=1S/C18H16N4O3S5/c1-26-18-20-11-7-6-10-14(15(11)29-18)28-17(19-10)21-16(23)12-4-2-8-22(12)30(24,25)13-5-3-9-27-13/h3,5-7,9,12H,2,4,8H2,1H3,(H,19,21,23). The zero-order chi connectivity index (χ0) is 20.9. The maximum absolute atomic E-state index is 13.0. The van der Waals surface area contributed by atoms with Gasteiger partial charge in [-0.05, 0) is 42.7 Å². The van der Waals surface area contributed by atoms with Crippen molar-refractivity contribution in [3.63, 3.8) is 0 Å². The summed E-state index contributed by atoms with van der Waals surface area (Å²) in [6, 6.07) is 6.38. The van der Waals surface area contributed by atoms with Gasteiger partial charge in [-0.3, -0.25) is 4.79 Å². The first-order valence-corrected chi connectivity index (χ1v) is 14.3. The molecule has 1 unspecified atom stereocenters. The minimum atomic E-state index is -3.67. The second-order valence-electron chi connectivity index (χ2n) is 6.66. The fourth-order valence-corrected chi connectivity index (χ4v) is 8.94. The molecule has 4 aromatic rings. The molecule has 1 atom stereocenters. The second kappa shape index (κ2) is 7.84. The Morgan fingerprint density at radius 1 is 1.20 bits per heavy atom. The number of carbonyl (C=O) groups excluding carboxylic acids is 1. The van der Waals surface area contributed by atoms with Crippen molar-refractivity contribution in [2.24, 2.45) is 0 Å². The number of hydrogen-bond acceptors (Lipinski definition) is 9. The van der Waals surface area contributed by atoms with Gasteiger partial charge in [-0.15, -0.1) is 22.7 Å². The number of amides is 1. The number of nitrogens with one attached hydrogen (secondary N) is 1. The minimum absolute atomic E-state index is 0.263. The average Bonchev–Trinajstić information content (AvgIpc) is 3.52. The molecule has 12 heteroatoms. The summed E-state index contributed by atoms with van der Waals surface area (Å²) in [5, 5.41) is 5.05. The third kappa shape index (κ3) is 3.45. The molecule has 0 radical (unpaired) electrons. The number of fused-ring (bicyclic) bond motifs is 3. The Labute approximate surface area is 189 Å². The number of benzene rings is 1. The van der Waals surface area contributed by atoms with Crippen LogP contribution in [0.25, 0.3) is 20.4 Å². The van der Waals surface area contributed by atoms with Gasteiger partial charge < -0.3 is 5.32 Å². The number of thiophene rings is 1. The molecule has 1 saturated heterocycles. The van der Waals surface area contributed by atoms with Crippen molar-refractivity contribution >= 4 is 87.3 Å². The molecule has 0 spiro atoms. The number of nitrogens with zero attached hydrogens (tertiary/aromatic N) is 3. The van der Waals surface area contributed by atoms with Gasteiger partial charge in [0.2, 0.25) is 5.91 Å². The molecule has 1 amide bonds. The highest BCUT2D eigenvalue weighted by atomic mass is 32.2. The van der Waals surface area contributed by atoms with Crippen LogP contribution in [0.3, 0.4) is 0 Å². The van der Waals surface area contributed by atoms with Gasteiger partial charge in [-0.1, -0.05) is 29.2 Å². The molecule has 5 rings (SSSR count). The van der Waals surface area contributed by atoms with Crippen LogP contribution in [0.15, 0.2) is 38.2 Å². The van der Waals surface area contributed by atoms with E-state index in [9.17, 15) is 13.2 Å². The summed E-state index contributed by atoms with van der Waals surface area (Å²) in [5.41, 5.74) is 1.72. The molecule has 1 N–H and O–H groups in total. The molecule has 1 aliphatic heterocycles. The molecule has 4 heterocycles. The summed E-state index contributed by atoms with van der Waals surface area (Å²) in [6.45, 7) is 0.344. The first kappa shape index (κ1) is 20.3. The van der Waals surface area contributed by atoms with E-state index in [0.717, 1.165) is 36.1 Å². The molecular formula is C18H16N4O3S5. The lowest BCUT2D eigenvalue weighted by molar-refractivity contribution is -0.119. The predicted octanol–water partition coefficient (Wildman–Crippen LogP) is 4.48. The molecule has 3 aromatic heterocycles. The molecule has 0 saturated carbocycles. The first-order valence-electron chi connectivity index (χ1n) is 9.07. The molecule has 30 heavy (non-hydrogen) atoms. The van der Waals surface area contributed by atoms with Gasteiger partial charge in [0.25, 0.3) is 10.0 Å².